The smallest absolute Gasteiger partial charge is 0.0806 e. The van der Waals surface area contributed by atoms with Gasteiger partial charge in [0.05, 0.1) is 5.60 Å². The van der Waals surface area contributed by atoms with Crippen LogP contribution in [0.3, 0.4) is 0 Å². The first-order valence-electron chi connectivity index (χ1n) is 7.74. The predicted octanol–water partition coefficient (Wildman–Crippen LogP) is 3.26. The zero-order valence-electron chi connectivity index (χ0n) is 11.0. The molecule has 0 aromatic carbocycles. The molecule has 0 amide bonds. The second-order valence-electron chi connectivity index (χ2n) is 6.48. The first-order valence-corrected chi connectivity index (χ1v) is 7.74. The van der Waals surface area contributed by atoms with Gasteiger partial charge < -0.3 is 10.1 Å². The Bertz CT molecular complexity index is 239. The number of hydrogen-bond acceptors (Lipinski definition) is 2. The summed E-state index contributed by atoms with van der Waals surface area (Å²) in [7, 11) is 0. The Morgan fingerprint density at radius 3 is 2.35 bits per heavy atom. The van der Waals surface area contributed by atoms with Crippen molar-refractivity contribution in [2.45, 2.75) is 75.9 Å². The molecule has 0 aromatic rings. The molecule has 1 N–H and O–H groups in total. The number of nitrogens with one attached hydrogen (secondary N) is 1. The van der Waals surface area contributed by atoms with E-state index in [1.165, 1.54) is 64.2 Å². The topological polar surface area (TPSA) is 21.3 Å². The third-order valence-electron chi connectivity index (χ3n) is 4.96. The van der Waals surface area contributed by atoms with Gasteiger partial charge in [0, 0.05) is 19.2 Å². The van der Waals surface area contributed by atoms with Gasteiger partial charge in [0.25, 0.3) is 0 Å². The van der Waals surface area contributed by atoms with Crippen LogP contribution < -0.4 is 5.32 Å². The highest BCUT2D eigenvalue weighted by Gasteiger charge is 2.36. The molecule has 0 bridgehead atoms. The van der Waals surface area contributed by atoms with Crippen LogP contribution in [0.15, 0.2) is 0 Å². The summed E-state index contributed by atoms with van der Waals surface area (Å²) < 4.78 is 6.31. The van der Waals surface area contributed by atoms with Crippen LogP contribution in [-0.4, -0.2) is 24.8 Å². The average Bonchev–Trinajstić information content (AvgIpc) is 3.00. The van der Waals surface area contributed by atoms with Crippen molar-refractivity contribution in [1.82, 2.24) is 5.32 Å². The fourth-order valence-corrected chi connectivity index (χ4v) is 3.23. The molecular formula is C15H27NO. The molecule has 0 aliphatic heterocycles. The molecule has 3 saturated carbocycles. The minimum absolute atomic E-state index is 0.215. The van der Waals surface area contributed by atoms with Crippen molar-refractivity contribution in [3.63, 3.8) is 0 Å². The first kappa shape index (κ1) is 12.0. The van der Waals surface area contributed by atoms with Gasteiger partial charge in [-0.15, -0.1) is 0 Å². The Hall–Kier alpha value is -0.0800. The van der Waals surface area contributed by atoms with E-state index in [-0.39, 0.29) is 5.60 Å². The van der Waals surface area contributed by atoms with Crippen LogP contribution in [0.5, 0.6) is 0 Å². The molecule has 3 aliphatic carbocycles. The van der Waals surface area contributed by atoms with Crippen LogP contribution in [0.4, 0.5) is 0 Å². The van der Waals surface area contributed by atoms with E-state index in [0.29, 0.717) is 0 Å². The van der Waals surface area contributed by atoms with Crippen LogP contribution in [-0.2, 0) is 4.74 Å². The van der Waals surface area contributed by atoms with E-state index in [4.69, 9.17) is 4.74 Å². The standard InChI is InChI=1S/C15H27NO/c1-2-10-15(9-1,12-16-14-6-7-14)17-11-8-13-4-3-5-13/h13-14,16H,1-12H2. The van der Waals surface area contributed by atoms with E-state index in [1.54, 1.807) is 0 Å². The van der Waals surface area contributed by atoms with E-state index >= 15 is 0 Å². The SMILES string of the molecule is C1CC(CCOC2(CNC3CC3)CCCC2)C1. The molecule has 0 spiro atoms. The Morgan fingerprint density at radius 1 is 1.00 bits per heavy atom. The lowest BCUT2D eigenvalue weighted by molar-refractivity contribution is -0.0474. The Kier molecular flexibility index (Phi) is 3.72. The molecular weight excluding hydrogens is 210 g/mol. The van der Waals surface area contributed by atoms with E-state index in [9.17, 15) is 0 Å². The zero-order chi connectivity index (χ0) is 11.6. The molecule has 0 unspecified atom stereocenters. The van der Waals surface area contributed by atoms with Crippen LogP contribution in [0.2, 0.25) is 0 Å². The van der Waals surface area contributed by atoms with Gasteiger partial charge in [-0.25, -0.2) is 0 Å². The maximum Gasteiger partial charge on any atom is 0.0806 e. The predicted molar refractivity (Wildman–Crippen MR) is 70.1 cm³/mol. The summed E-state index contributed by atoms with van der Waals surface area (Å²) in [6.07, 6.45) is 13.8. The zero-order valence-corrected chi connectivity index (χ0v) is 11.0. The Labute approximate surface area is 105 Å². The molecule has 3 rings (SSSR count). The molecule has 0 atom stereocenters. The maximum atomic E-state index is 6.31. The maximum absolute atomic E-state index is 6.31. The number of rotatable bonds is 7. The summed E-state index contributed by atoms with van der Waals surface area (Å²) >= 11 is 0. The van der Waals surface area contributed by atoms with Gasteiger partial charge in [-0.3, -0.25) is 0 Å². The van der Waals surface area contributed by atoms with Crippen molar-refractivity contribution in [2.75, 3.05) is 13.2 Å². The van der Waals surface area contributed by atoms with E-state index < -0.39 is 0 Å². The highest BCUT2D eigenvalue weighted by molar-refractivity contribution is 4.92. The summed E-state index contributed by atoms with van der Waals surface area (Å²) in [6, 6.07) is 0.822. The third-order valence-corrected chi connectivity index (χ3v) is 4.96. The average molecular weight is 237 g/mol. The van der Waals surface area contributed by atoms with Crippen LogP contribution in [0, 0.1) is 5.92 Å². The summed E-state index contributed by atoms with van der Waals surface area (Å²) in [4.78, 5) is 0. The van der Waals surface area contributed by atoms with Crippen molar-refractivity contribution < 1.29 is 4.74 Å². The molecule has 0 saturated heterocycles. The quantitative estimate of drug-likeness (QED) is 0.734. The largest absolute Gasteiger partial charge is 0.374 e. The molecule has 0 aromatic heterocycles. The minimum atomic E-state index is 0.215. The van der Waals surface area contributed by atoms with Crippen molar-refractivity contribution in [1.29, 1.82) is 0 Å². The molecule has 0 radical (unpaired) electrons. The lowest BCUT2D eigenvalue weighted by atomic mass is 9.83. The fraction of sp³-hybridized carbons (Fsp3) is 1.00. The Balaban J connectivity index is 1.40. The van der Waals surface area contributed by atoms with Gasteiger partial charge in [-0.2, -0.15) is 0 Å². The van der Waals surface area contributed by atoms with Gasteiger partial charge in [0.15, 0.2) is 0 Å². The Morgan fingerprint density at radius 2 is 1.76 bits per heavy atom. The summed E-state index contributed by atoms with van der Waals surface area (Å²) in [6.45, 7) is 2.12. The van der Waals surface area contributed by atoms with E-state index in [1.807, 2.05) is 0 Å². The second-order valence-corrected chi connectivity index (χ2v) is 6.48. The van der Waals surface area contributed by atoms with Gasteiger partial charge in [-0.1, -0.05) is 32.1 Å². The highest BCUT2D eigenvalue weighted by Crippen LogP contribution is 2.35. The normalized spacial score (nSPS) is 28.2. The van der Waals surface area contributed by atoms with Crippen molar-refractivity contribution in [2.24, 2.45) is 5.92 Å². The number of ether oxygens (including phenoxy) is 1. The molecule has 3 aliphatic rings. The van der Waals surface area contributed by atoms with Gasteiger partial charge in [0.1, 0.15) is 0 Å². The fourth-order valence-electron chi connectivity index (χ4n) is 3.23. The second kappa shape index (κ2) is 5.27. The number of hydrogen-bond donors (Lipinski definition) is 1. The van der Waals surface area contributed by atoms with E-state index in [0.717, 1.165) is 25.1 Å². The molecule has 3 fully saturated rings. The molecule has 98 valence electrons. The third kappa shape index (κ3) is 3.23. The summed E-state index contributed by atoms with van der Waals surface area (Å²) in [5.41, 5.74) is 0.215. The summed E-state index contributed by atoms with van der Waals surface area (Å²) in [5, 5.41) is 3.68. The lowest BCUT2D eigenvalue weighted by Gasteiger charge is -2.32. The molecule has 0 heterocycles. The van der Waals surface area contributed by atoms with Gasteiger partial charge in [0.2, 0.25) is 0 Å². The lowest BCUT2D eigenvalue weighted by Crippen LogP contribution is -2.42. The van der Waals surface area contributed by atoms with Crippen LogP contribution >= 0.6 is 0 Å². The van der Waals surface area contributed by atoms with Crippen molar-refractivity contribution in [3.8, 4) is 0 Å². The van der Waals surface area contributed by atoms with E-state index in [2.05, 4.69) is 5.32 Å². The minimum Gasteiger partial charge on any atom is -0.374 e. The molecule has 2 nitrogen and oxygen atoms in total. The van der Waals surface area contributed by atoms with Gasteiger partial charge >= 0.3 is 0 Å². The molecule has 17 heavy (non-hydrogen) atoms. The van der Waals surface area contributed by atoms with Gasteiger partial charge in [-0.05, 0) is 38.0 Å². The van der Waals surface area contributed by atoms with Crippen molar-refractivity contribution >= 4 is 0 Å². The van der Waals surface area contributed by atoms with Crippen LogP contribution in [0.1, 0.15) is 64.2 Å². The van der Waals surface area contributed by atoms with Crippen LogP contribution in [0.25, 0.3) is 0 Å². The highest BCUT2D eigenvalue weighted by atomic mass is 16.5. The summed E-state index contributed by atoms with van der Waals surface area (Å²) in [5.74, 6) is 0.991. The monoisotopic (exact) mass is 237 g/mol. The molecule has 2 heteroatoms. The first-order chi connectivity index (χ1) is 8.36. The van der Waals surface area contributed by atoms with Crippen molar-refractivity contribution in [3.05, 3.63) is 0 Å².